The molecule has 0 spiro atoms. The highest BCUT2D eigenvalue weighted by molar-refractivity contribution is 7.92. The zero-order chi connectivity index (χ0) is 18.6. The number of halogens is 1. The average molecular weight is 380 g/mol. The molecule has 3 rings (SSSR count). The highest BCUT2D eigenvalue weighted by Crippen LogP contribution is 2.23. The fourth-order valence-corrected chi connectivity index (χ4v) is 3.81. The predicted octanol–water partition coefficient (Wildman–Crippen LogP) is 2.81. The van der Waals surface area contributed by atoms with Gasteiger partial charge in [0.25, 0.3) is 10.0 Å². The Morgan fingerprint density at radius 1 is 1.19 bits per heavy atom. The maximum atomic E-state index is 13.9. The number of piperidine rings is 1. The van der Waals surface area contributed by atoms with E-state index in [2.05, 4.69) is 19.6 Å². The van der Waals surface area contributed by atoms with E-state index in [1.54, 1.807) is 6.92 Å². The number of nitrogens with one attached hydrogen (secondary N) is 1. The number of ether oxygens (including phenoxy) is 1. The van der Waals surface area contributed by atoms with Crippen LogP contribution in [-0.4, -0.2) is 38.1 Å². The molecule has 0 bridgehead atoms. The molecule has 0 saturated carbocycles. The van der Waals surface area contributed by atoms with Crippen molar-refractivity contribution in [2.75, 3.05) is 29.3 Å². The van der Waals surface area contributed by atoms with Crippen LogP contribution in [0.4, 0.5) is 16.0 Å². The number of hydrogen-bond donors (Lipinski definition) is 1. The number of aromatic nitrogens is 2. The molecule has 2 heterocycles. The molecule has 26 heavy (non-hydrogen) atoms. The Morgan fingerprint density at radius 2 is 1.88 bits per heavy atom. The van der Waals surface area contributed by atoms with Gasteiger partial charge in [0.2, 0.25) is 5.95 Å². The van der Waals surface area contributed by atoms with E-state index in [-0.39, 0.29) is 16.3 Å². The van der Waals surface area contributed by atoms with Gasteiger partial charge in [0, 0.05) is 13.1 Å². The van der Waals surface area contributed by atoms with Gasteiger partial charge >= 0.3 is 0 Å². The van der Waals surface area contributed by atoms with Crippen LogP contribution in [-0.2, 0) is 10.0 Å². The summed E-state index contributed by atoms with van der Waals surface area (Å²) in [6.45, 7) is 3.81. The third-order valence-electron chi connectivity index (χ3n) is 4.04. The monoisotopic (exact) mass is 380 g/mol. The zero-order valence-corrected chi connectivity index (χ0v) is 15.3. The molecule has 140 valence electrons. The van der Waals surface area contributed by atoms with Gasteiger partial charge in [-0.3, -0.25) is 4.72 Å². The van der Waals surface area contributed by atoms with Crippen LogP contribution in [0.2, 0.25) is 0 Å². The minimum absolute atomic E-state index is 0.0145. The molecule has 1 N–H and O–H groups in total. The van der Waals surface area contributed by atoms with Crippen molar-refractivity contribution >= 4 is 21.7 Å². The van der Waals surface area contributed by atoms with E-state index in [4.69, 9.17) is 4.74 Å². The molecular weight excluding hydrogens is 359 g/mol. The predicted molar refractivity (Wildman–Crippen MR) is 96.5 cm³/mol. The summed E-state index contributed by atoms with van der Waals surface area (Å²) in [4.78, 5) is 10.3. The Hall–Kier alpha value is -2.42. The summed E-state index contributed by atoms with van der Waals surface area (Å²) in [5.74, 6) is -0.133. The van der Waals surface area contributed by atoms with Crippen molar-refractivity contribution in [2.24, 2.45) is 0 Å². The van der Waals surface area contributed by atoms with Crippen LogP contribution in [0.15, 0.2) is 35.5 Å². The fourth-order valence-electron chi connectivity index (χ4n) is 2.77. The minimum Gasteiger partial charge on any atom is -0.491 e. The lowest BCUT2D eigenvalue weighted by Crippen LogP contribution is -2.30. The van der Waals surface area contributed by atoms with Gasteiger partial charge in [-0.15, -0.1) is 0 Å². The quantitative estimate of drug-likeness (QED) is 0.830. The van der Waals surface area contributed by atoms with E-state index >= 15 is 0 Å². The molecule has 9 heteroatoms. The molecule has 1 fully saturated rings. The maximum absolute atomic E-state index is 13.9. The van der Waals surface area contributed by atoms with Gasteiger partial charge in [-0.1, -0.05) is 0 Å². The molecule has 7 nitrogen and oxygen atoms in total. The Morgan fingerprint density at radius 3 is 2.50 bits per heavy atom. The maximum Gasteiger partial charge on any atom is 0.262 e. The van der Waals surface area contributed by atoms with Crippen molar-refractivity contribution in [3.63, 3.8) is 0 Å². The molecule has 0 amide bonds. The Kier molecular flexibility index (Phi) is 5.55. The van der Waals surface area contributed by atoms with Crippen LogP contribution in [0.25, 0.3) is 0 Å². The Balaban J connectivity index is 1.73. The Bertz CT molecular complexity index is 853. The summed E-state index contributed by atoms with van der Waals surface area (Å²) in [7, 11) is -3.94. The Labute approximate surface area is 152 Å². The summed E-state index contributed by atoms with van der Waals surface area (Å²) in [5.41, 5.74) is 0.222. The molecule has 1 aliphatic rings. The average Bonchev–Trinajstić information content (AvgIpc) is 2.64. The van der Waals surface area contributed by atoms with Gasteiger partial charge in [-0.2, -0.15) is 0 Å². The smallest absolute Gasteiger partial charge is 0.262 e. The van der Waals surface area contributed by atoms with Crippen LogP contribution in [0.3, 0.4) is 0 Å². The summed E-state index contributed by atoms with van der Waals surface area (Å²) in [6, 6.07) is 3.51. The molecule has 1 aromatic carbocycles. The van der Waals surface area contributed by atoms with E-state index in [1.807, 2.05) is 0 Å². The lowest BCUT2D eigenvalue weighted by atomic mass is 10.1. The van der Waals surface area contributed by atoms with E-state index < -0.39 is 15.8 Å². The summed E-state index contributed by atoms with van der Waals surface area (Å²) >= 11 is 0. The van der Waals surface area contributed by atoms with Crippen molar-refractivity contribution in [3.8, 4) is 5.75 Å². The van der Waals surface area contributed by atoms with Crippen molar-refractivity contribution in [1.82, 2.24) is 9.97 Å². The van der Waals surface area contributed by atoms with Gasteiger partial charge in [-0.05, 0) is 44.4 Å². The van der Waals surface area contributed by atoms with Crippen LogP contribution in [0.5, 0.6) is 5.75 Å². The third-order valence-corrected chi connectivity index (χ3v) is 5.42. The molecule has 2 aromatic rings. The second kappa shape index (κ2) is 7.86. The van der Waals surface area contributed by atoms with Gasteiger partial charge < -0.3 is 9.64 Å². The molecule has 1 saturated heterocycles. The highest BCUT2D eigenvalue weighted by atomic mass is 32.2. The molecule has 0 aliphatic carbocycles. The summed E-state index contributed by atoms with van der Waals surface area (Å²) in [5, 5.41) is 0. The van der Waals surface area contributed by atoms with Crippen LogP contribution < -0.4 is 14.4 Å². The van der Waals surface area contributed by atoms with Crippen LogP contribution in [0.1, 0.15) is 26.2 Å². The number of rotatable bonds is 6. The first-order chi connectivity index (χ1) is 12.5. The number of nitrogens with zero attached hydrogens (tertiary/aromatic N) is 3. The largest absolute Gasteiger partial charge is 0.491 e. The first-order valence-electron chi connectivity index (χ1n) is 8.52. The van der Waals surface area contributed by atoms with Crippen LogP contribution in [0, 0.1) is 5.82 Å². The molecule has 0 atom stereocenters. The topological polar surface area (TPSA) is 84.4 Å². The molecule has 0 radical (unpaired) electrons. The number of anilines is 2. The lowest BCUT2D eigenvalue weighted by molar-refractivity contribution is 0.321. The SMILES string of the molecule is CCOc1ccc(S(=O)(=O)Nc2cnc(N3CCCCC3)nc2)cc1F. The fraction of sp³-hybridized carbons (Fsp3) is 0.412. The van der Waals surface area contributed by atoms with Gasteiger partial charge in [0.15, 0.2) is 11.6 Å². The van der Waals surface area contributed by atoms with Crippen LogP contribution >= 0.6 is 0 Å². The summed E-state index contributed by atoms with van der Waals surface area (Å²) in [6.07, 6.45) is 6.23. The van der Waals surface area contributed by atoms with E-state index in [1.165, 1.54) is 30.9 Å². The van der Waals surface area contributed by atoms with Gasteiger partial charge in [-0.25, -0.2) is 22.8 Å². The molecule has 0 unspecified atom stereocenters. The van der Waals surface area contributed by atoms with E-state index in [0.717, 1.165) is 32.0 Å². The number of sulfonamides is 1. The summed E-state index contributed by atoms with van der Waals surface area (Å²) < 4.78 is 46.2. The third kappa shape index (κ3) is 4.21. The number of hydrogen-bond acceptors (Lipinski definition) is 6. The minimum atomic E-state index is -3.94. The zero-order valence-electron chi connectivity index (χ0n) is 14.5. The molecule has 1 aliphatic heterocycles. The van der Waals surface area contributed by atoms with E-state index in [0.29, 0.717) is 12.6 Å². The van der Waals surface area contributed by atoms with Gasteiger partial charge in [0.05, 0.1) is 29.6 Å². The van der Waals surface area contributed by atoms with Crippen molar-refractivity contribution in [1.29, 1.82) is 0 Å². The lowest BCUT2D eigenvalue weighted by Gasteiger charge is -2.26. The van der Waals surface area contributed by atoms with Gasteiger partial charge in [0.1, 0.15) is 0 Å². The number of benzene rings is 1. The second-order valence-corrected chi connectivity index (χ2v) is 7.63. The van der Waals surface area contributed by atoms with Crippen molar-refractivity contribution in [3.05, 3.63) is 36.4 Å². The first kappa shape index (κ1) is 18.4. The van der Waals surface area contributed by atoms with E-state index in [9.17, 15) is 12.8 Å². The normalized spacial score (nSPS) is 14.9. The van der Waals surface area contributed by atoms with Crippen molar-refractivity contribution in [2.45, 2.75) is 31.1 Å². The first-order valence-corrected chi connectivity index (χ1v) is 10.00. The second-order valence-electron chi connectivity index (χ2n) is 5.95. The molecular formula is C17H21FN4O3S. The highest BCUT2D eigenvalue weighted by Gasteiger charge is 2.18. The standard InChI is InChI=1S/C17H21FN4O3S/c1-2-25-16-7-6-14(10-15(16)18)26(23,24)21-13-11-19-17(20-12-13)22-8-4-3-5-9-22/h6-7,10-12,21H,2-5,8-9H2,1H3. The molecule has 1 aromatic heterocycles. The van der Waals surface area contributed by atoms with Crippen molar-refractivity contribution < 1.29 is 17.5 Å².